The topological polar surface area (TPSA) is 65.1 Å². The van der Waals surface area contributed by atoms with Crippen LogP contribution in [0.15, 0.2) is 83.7 Å². The van der Waals surface area contributed by atoms with Gasteiger partial charge in [-0.1, -0.05) is 74.0 Å². The van der Waals surface area contributed by atoms with Crippen LogP contribution in [0.5, 0.6) is 0 Å². The molecule has 0 fully saturated rings. The van der Waals surface area contributed by atoms with Crippen LogP contribution in [0.4, 0.5) is 0 Å². The van der Waals surface area contributed by atoms with Gasteiger partial charge in [-0.3, -0.25) is 14.2 Å². The monoisotopic (exact) mass is 412 g/mol. The number of amides is 1. The molecule has 0 unspecified atom stereocenters. The minimum absolute atomic E-state index is 0.149. The average Bonchev–Trinajstić information content (AvgIpc) is 2.75. The van der Waals surface area contributed by atoms with E-state index in [4.69, 9.17) is 5.73 Å². The molecule has 2 N–H and O–H groups in total. The molecule has 4 aromatic rings. The van der Waals surface area contributed by atoms with E-state index in [1.807, 2.05) is 31.2 Å². The van der Waals surface area contributed by atoms with E-state index < -0.39 is 5.91 Å². The van der Waals surface area contributed by atoms with Crippen molar-refractivity contribution in [1.82, 2.24) is 4.57 Å². The van der Waals surface area contributed by atoms with Crippen LogP contribution in [0, 0.1) is 13.8 Å². The van der Waals surface area contributed by atoms with Crippen LogP contribution in [0.25, 0.3) is 16.5 Å². The van der Waals surface area contributed by atoms with E-state index in [0.717, 1.165) is 11.3 Å². The normalized spacial score (nSPS) is 10.4. The fourth-order valence-corrected chi connectivity index (χ4v) is 3.79. The number of nitrogens with two attached hydrogens (primary N) is 1. The molecule has 0 spiro atoms. The molecule has 1 heterocycles. The molecule has 31 heavy (non-hydrogen) atoms. The van der Waals surface area contributed by atoms with E-state index >= 15 is 0 Å². The molecule has 0 bridgehead atoms. The van der Waals surface area contributed by atoms with Crippen LogP contribution in [0.2, 0.25) is 0 Å². The first-order chi connectivity index (χ1) is 14.9. The van der Waals surface area contributed by atoms with Crippen molar-refractivity contribution in [2.45, 2.75) is 33.6 Å². The number of hydrogen-bond acceptors (Lipinski definition) is 2. The Morgan fingerprint density at radius 3 is 2.13 bits per heavy atom. The number of aryl methyl sites for hydroxylation is 2. The Balaban J connectivity index is 0.000000254. The zero-order valence-electron chi connectivity index (χ0n) is 18.3. The molecule has 0 saturated heterocycles. The molecule has 0 radical (unpaired) electrons. The van der Waals surface area contributed by atoms with Crippen LogP contribution >= 0.6 is 0 Å². The van der Waals surface area contributed by atoms with Crippen molar-refractivity contribution in [2.24, 2.45) is 5.73 Å². The maximum Gasteiger partial charge on any atom is 0.263 e. The van der Waals surface area contributed by atoms with Crippen molar-refractivity contribution < 1.29 is 4.79 Å². The Morgan fingerprint density at radius 2 is 1.52 bits per heavy atom. The molecule has 0 atom stereocenters. The molecule has 0 aliphatic heterocycles. The SMILES string of the molecule is CCCc1ccccc1.Cc1cccc(-n2c(C)c(C(N)=O)c3ccccc3c2=O)c1. The number of rotatable bonds is 4. The highest BCUT2D eigenvalue weighted by molar-refractivity contribution is 6.07. The fourth-order valence-electron chi connectivity index (χ4n) is 3.79. The lowest BCUT2D eigenvalue weighted by atomic mass is 10.0. The van der Waals surface area contributed by atoms with E-state index in [0.29, 0.717) is 22.0 Å². The molecule has 0 aliphatic rings. The van der Waals surface area contributed by atoms with E-state index in [9.17, 15) is 9.59 Å². The summed E-state index contributed by atoms with van der Waals surface area (Å²) in [4.78, 5) is 24.8. The number of fused-ring (bicyclic) bond motifs is 1. The Kier molecular flexibility index (Phi) is 7.03. The first-order valence-electron chi connectivity index (χ1n) is 10.5. The molecule has 158 valence electrons. The summed E-state index contributed by atoms with van der Waals surface area (Å²) in [5.41, 5.74) is 9.56. The van der Waals surface area contributed by atoms with Gasteiger partial charge in [0.2, 0.25) is 0 Å². The zero-order valence-corrected chi connectivity index (χ0v) is 18.3. The number of nitrogens with zero attached hydrogens (tertiary/aromatic N) is 1. The number of hydrogen-bond donors (Lipinski definition) is 1. The predicted octanol–water partition coefficient (Wildman–Crippen LogP) is 5.35. The van der Waals surface area contributed by atoms with Gasteiger partial charge in [0.15, 0.2) is 0 Å². The Hall–Kier alpha value is -3.66. The Morgan fingerprint density at radius 1 is 0.871 bits per heavy atom. The summed E-state index contributed by atoms with van der Waals surface area (Å²) in [7, 11) is 0. The van der Waals surface area contributed by atoms with Crippen LogP contribution < -0.4 is 11.3 Å². The van der Waals surface area contributed by atoms with Gasteiger partial charge in [0.25, 0.3) is 11.5 Å². The van der Waals surface area contributed by atoms with Crippen molar-refractivity contribution >= 4 is 16.7 Å². The second-order valence-corrected chi connectivity index (χ2v) is 7.59. The van der Waals surface area contributed by atoms with Gasteiger partial charge in [-0.2, -0.15) is 0 Å². The summed E-state index contributed by atoms with van der Waals surface area (Å²) in [6.07, 6.45) is 2.45. The van der Waals surface area contributed by atoms with Crippen LogP contribution in [0.3, 0.4) is 0 Å². The standard InChI is InChI=1S/C18H16N2O2.C9H12/c1-11-6-5-7-13(10-11)20-12(2)16(17(19)21)14-8-3-4-9-15(14)18(20)22;1-2-6-9-7-4-3-5-8-9/h3-10H,1-2H3,(H2,19,21);3-5,7-8H,2,6H2,1H3. The lowest BCUT2D eigenvalue weighted by Gasteiger charge is -2.16. The number of aromatic nitrogens is 1. The minimum Gasteiger partial charge on any atom is -0.366 e. The highest BCUT2D eigenvalue weighted by atomic mass is 16.1. The van der Waals surface area contributed by atoms with E-state index in [1.54, 1.807) is 35.8 Å². The number of primary amides is 1. The van der Waals surface area contributed by atoms with Gasteiger partial charge in [-0.05, 0) is 49.6 Å². The first-order valence-corrected chi connectivity index (χ1v) is 10.5. The highest BCUT2D eigenvalue weighted by Crippen LogP contribution is 2.21. The summed E-state index contributed by atoms with van der Waals surface area (Å²) >= 11 is 0. The summed E-state index contributed by atoms with van der Waals surface area (Å²) in [5, 5.41) is 1.09. The van der Waals surface area contributed by atoms with Gasteiger partial charge < -0.3 is 5.73 Å². The van der Waals surface area contributed by atoms with Crippen LogP contribution in [-0.4, -0.2) is 10.5 Å². The van der Waals surface area contributed by atoms with Crippen molar-refractivity contribution in [3.63, 3.8) is 0 Å². The van der Waals surface area contributed by atoms with Gasteiger partial charge in [0, 0.05) is 22.2 Å². The van der Waals surface area contributed by atoms with Crippen molar-refractivity contribution in [1.29, 1.82) is 0 Å². The molecular formula is C27H28N2O2. The summed E-state index contributed by atoms with van der Waals surface area (Å²) in [5.74, 6) is -0.532. The molecule has 0 saturated carbocycles. The lowest BCUT2D eigenvalue weighted by molar-refractivity contribution is 0.100. The largest absolute Gasteiger partial charge is 0.366 e. The quantitative estimate of drug-likeness (QED) is 0.491. The molecule has 4 rings (SSSR count). The van der Waals surface area contributed by atoms with Crippen molar-refractivity contribution in [3.05, 3.63) is 112 Å². The second kappa shape index (κ2) is 9.90. The third-order valence-corrected chi connectivity index (χ3v) is 5.21. The summed E-state index contributed by atoms with van der Waals surface area (Å²) in [6.45, 7) is 5.91. The van der Waals surface area contributed by atoms with Gasteiger partial charge in [0.1, 0.15) is 0 Å². The first kappa shape index (κ1) is 22.0. The van der Waals surface area contributed by atoms with E-state index in [1.165, 1.54) is 18.4 Å². The molecule has 4 nitrogen and oxygen atoms in total. The van der Waals surface area contributed by atoms with Crippen LogP contribution in [0.1, 0.15) is 40.5 Å². The summed E-state index contributed by atoms with van der Waals surface area (Å²) < 4.78 is 1.55. The average molecular weight is 413 g/mol. The van der Waals surface area contributed by atoms with Gasteiger partial charge in [0.05, 0.1) is 5.56 Å². The van der Waals surface area contributed by atoms with Crippen molar-refractivity contribution in [3.8, 4) is 5.69 Å². The third-order valence-electron chi connectivity index (χ3n) is 5.21. The molecule has 1 amide bonds. The summed E-state index contributed by atoms with van der Waals surface area (Å²) in [6, 6.07) is 25.2. The highest BCUT2D eigenvalue weighted by Gasteiger charge is 2.18. The predicted molar refractivity (Wildman–Crippen MR) is 128 cm³/mol. The minimum atomic E-state index is -0.532. The van der Waals surface area contributed by atoms with Gasteiger partial charge in [-0.25, -0.2) is 0 Å². The maximum absolute atomic E-state index is 12.8. The Labute approximate surface area is 183 Å². The van der Waals surface area contributed by atoms with Crippen LogP contribution in [-0.2, 0) is 6.42 Å². The maximum atomic E-state index is 12.8. The molecule has 0 aliphatic carbocycles. The van der Waals surface area contributed by atoms with Crippen molar-refractivity contribution in [2.75, 3.05) is 0 Å². The Bertz CT molecular complexity index is 1260. The number of benzene rings is 3. The number of pyridine rings is 1. The third kappa shape index (κ3) is 4.92. The second-order valence-electron chi connectivity index (χ2n) is 7.59. The fraction of sp³-hybridized carbons (Fsp3) is 0.185. The van der Waals surface area contributed by atoms with Gasteiger partial charge in [-0.15, -0.1) is 0 Å². The van der Waals surface area contributed by atoms with Gasteiger partial charge >= 0.3 is 0 Å². The number of carbonyl (C=O) groups excluding carboxylic acids is 1. The molecule has 3 aromatic carbocycles. The smallest absolute Gasteiger partial charge is 0.263 e. The lowest BCUT2D eigenvalue weighted by Crippen LogP contribution is -2.26. The van der Waals surface area contributed by atoms with E-state index in [2.05, 4.69) is 37.3 Å². The molecule has 4 heteroatoms. The molecular weight excluding hydrogens is 384 g/mol. The molecule has 1 aromatic heterocycles. The zero-order chi connectivity index (χ0) is 22.4. The number of carbonyl (C=O) groups is 1. The van der Waals surface area contributed by atoms with E-state index in [-0.39, 0.29) is 5.56 Å².